The van der Waals surface area contributed by atoms with Crippen LogP contribution in [0.4, 0.5) is 10.5 Å². The molecular weight excluding hydrogens is 242 g/mol. The summed E-state index contributed by atoms with van der Waals surface area (Å²) in [5, 5.41) is 5.37. The number of ether oxygens (including phenoxy) is 1. The zero-order valence-electron chi connectivity index (χ0n) is 10.4. The van der Waals surface area contributed by atoms with Crippen LogP contribution in [0, 0.1) is 0 Å². The minimum absolute atomic E-state index is 0.273. The van der Waals surface area contributed by atoms with Crippen molar-refractivity contribution in [1.29, 1.82) is 0 Å². The Morgan fingerprint density at radius 2 is 2.00 bits per heavy atom. The molecule has 0 fully saturated rings. The Hall–Kier alpha value is -2.56. The summed E-state index contributed by atoms with van der Waals surface area (Å²) >= 11 is 0. The van der Waals surface area contributed by atoms with Gasteiger partial charge in [-0.3, -0.25) is 4.98 Å². The van der Waals surface area contributed by atoms with Crippen molar-refractivity contribution in [2.24, 2.45) is 0 Å². The highest BCUT2D eigenvalue weighted by Gasteiger charge is 2.00. The molecule has 98 valence electrons. The van der Waals surface area contributed by atoms with Gasteiger partial charge >= 0.3 is 6.03 Å². The maximum Gasteiger partial charge on any atom is 0.319 e. The molecule has 0 bridgehead atoms. The number of hydrogen-bond acceptors (Lipinski definition) is 3. The molecule has 0 saturated heterocycles. The number of benzene rings is 1. The molecule has 0 radical (unpaired) electrons. The molecule has 1 aromatic carbocycles. The molecule has 0 aliphatic rings. The molecule has 0 atom stereocenters. The van der Waals surface area contributed by atoms with E-state index < -0.39 is 0 Å². The van der Waals surface area contributed by atoms with E-state index in [0.717, 1.165) is 5.75 Å². The van der Waals surface area contributed by atoms with Crippen molar-refractivity contribution in [3.05, 3.63) is 54.9 Å². The zero-order valence-corrected chi connectivity index (χ0v) is 10.4. The van der Waals surface area contributed by atoms with Crippen molar-refractivity contribution < 1.29 is 9.53 Å². The number of hydrogen-bond donors (Lipinski definition) is 2. The SMILES string of the molecule is O=C(NCCOc1ccccc1)Nc1cccnc1. The van der Waals surface area contributed by atoms with Gasteiger partial charge in [0.1, 0.15) is 12.4 Å². The fourth-order valence-electron chi connectivity index (χ4n) is 1.46. The summed E-state index contributed by atoms with van der Waals surface area (Å²) in [6, 6.07) is 12.7. The van der Waals surface area contributed by atoms with Gasteiger partial charge in [0.2, 0.25) is 0 Å². The summed E-state index contributed by atoms with van der Waals surface area (Å²) in [5.74, 6) is 0.789. The minimum Gasteiger partial charge on any atom is -0.492 e. The van der Waals surface area contributed by atoms with E-state index >= 15 is 0 Å². The van der Waals surface area contributed by atoms with E-state index in [-0.39, 0.29) is 6.03 Å². The lowest BCUT2D eigenvalue weighted by Gasteiger charge is -2.08. The summed E-state index contributed by atoms with van der Waals surface area (Å²) in [4.78, 5) is 15.4. The number of carbonyl (C=O) groups excluding carboxylic acids is 1. The lowest BCUT2D eigenvalue weighted by molar-refractivity contribution is 0.247. The van der Waals surface area contributed by atoms with Gasteiger partial charge in [0.25, 0.3) is 0 Å². The van der Waals surface area contributed by atoms with Crippen molar-refractivity contribution in [1.82, 2.24) is 10.3 Å². The van der Waals surface area contributed by atoms with Crippen LogP contribution in [-0.2, 0) is 0 Å². The molecule has 0 aliphatic heterocycles. The van der Waals surface area contributed by atoms with Crippen molar-refractivity contribution in [3.8, 4) is 5.75 Å². The minimum atomic E-state index is -0.273. The fourth-order valence-corrected chi connectivity index (χ4v) is 1.46. The van der Waals surface area contributed by atoms with E-state index in [4.69, 9.17) is 4.74 Å². The number of nitrogens with zero attached hydrogens (tertiary/aromatic N) is 1. The van der Waals surface area contributed by atoms with Gasteiger partial charge in [-0.05, 0) is 24.3 Å². The molecular formula is C14H15N3O2. The lowest BCUT2D eigenvalue weighted by Crippen LogP contribution is -2.32. The maximum absolute atomic E-state index is 11.5. The highest BCUT2D eigenvalue weighted by Crippen LogP contribution is 2.07. The molecule has 5 heteroatoms. The van der Waals surface area contributed by atoms with E-state index in [1.807, 2.05) is 30.3 Å². The molecule has 2 N–H and O–H groups in total. The van der Waals surface area contributed by atoms with Gasteiger partial charge in [-0.1, -0.05) is 18.2 Å². The Balaban J connectivity index is 1.65. The first kappa shape index (κ1) is 12.9. The van der Waals surface area contributed by atoms with Crippen LogP contribution in [0.25, 0.3) is 0 Å². The van der Waals surface area contributed by atoms with Gasteiger partial charge in [-0.25, -0.2) is 4.79 Å². The lowest BCUT2D eigenvalue weighted by atomic mass is 10.3. The summed E-state index contributed by atoms with van der Waals surface area (Å²) < 4.78 is 5.45. The Morgan fingerprint density at radius 3 is 2.74 bits per heavy atom. The average molecular weight is 257 g/mol. The van der Waals surface area contributed by atoms with E-state index in [9.17, 15) is 4.79 Å². The van der Waals surface area contributed by atoms with E-state index in [1.165, 1.54) is 0 Å². The third kappa shape index (κ3) is 4.67. The Morgan fingerprint density at radius 1 is 1.16 bits per heavy atom. The summed E-state index contributed by atoms with van der Waals surface area (Å²) in [5.41, 5.74) is 0.656. The number of para-hydroxylation sites is 1. The van der Waals surface area contributed by atoms with Crippen LogP contribution in [0.1, 0.15) is 0 Å². The first-order valence-electron chi connectivity index (χ1n) is 5.97. The zero-order chi connectivity index (χ0) is 13.3. The van der Waals surface area contributed by atoms with Gasteiger partial charge in [0.15, 0.2) is 0 Å². The topological polar surface area (TPSA) is 63.2 Å². The number of amides is 2. The summed E-state index contributed by atoms with van der Waals surface area (Å²) in [6.45, 7) is 0.853. The molecule has 2 amide bonds. The predicted molar refractivity (Wildman–Crippen MR) is 73.2 cm³/mol. The van der Waals surface area contributed by atoms with Gasteiger partial charge in [-0.15, -0.1) is 0 Å². The fraction of sp³-hybridized carbons (Fsp3) is 0.143. The van der Waals surface area contributed by atoms with E-state index in [0.29, 0.717) is 18.8 Å². The average Bonchev–Trinajstić information content (AvgIpc) is 2.46. The number of urea groups is 1. The highest BCUT2D eigenvalue weighted by atomic mass is 16.5. The van der Waals surface area contributed by atoms with Crippen LogP contribution in [-0.4, -0.2) is 24.2 Å². The third-order valence-corrected chi connectivity index (χ3v) is 2.32. The van der Waals surface area contributed by atoms with Gasteiger partial charge < -0.3 is 15.4 Å². The van der Waals surface area contributed by atoms with E-state index in [1.54, 1.807) is 24.5 Å². The Bertz CT molecular complexity index is 503. The second-order valence-corrected chi connectivity index (χ2v) is 3.78. The number of anilines is 1. The van der Waals surface area contributed by atoms with Crippen molar-refractivity contribution in [2.75, 3.05) is 18.5 Å². The van der Waals surface area contributed by atoms with Crippen molar-refractivity contribution in [2.45, 2.75) is 0 Å². The van der Waals surface area contributed by atoms with Crippen molar-refractivity contribution >= 4 is 11.7 Å². The van der Waals surface area contributed by atoms with Crippen LogP contribution in [0.2, 0.25) is 0 Å². The highest BCUT2D eigenvalue weighted by molar-refractivity contribution is 5.88. The molecule has 0 aliphatic carbocycles. The summed E-state index contributed by atoms with van der Waals surface area (Å²) in [7, 11) is 0. The first-order valence-corrected chi connectivity index (χ1v) is 5.97. The van der Waals surface area contributed by atoms with Gasteiger partial charge in [-0.2, -0.15) is 0 Å². The van der Waals surface area contributed by atoms with Crippen LogP contribution in [0.5, 0.6) is 5.75 Å². The number of pyridine rings is 1. The molecule has 19 heavy (non-hydrogen) atoms. The molecule has 1 aromatic heterocycles. The number of aromatic nitrogens is 1. The molecule has 0 spiro atoms. The largest absolute Gasteiger partial charge is 0.492 e. The smallest absolute Gasteiger partial charge is 0.319 e. The van der Waals surface area contributed by atoms with Crippen LogP contribution in [0.3, 0.4) is 0 Å². The number of rotatable bonds is 5. The normalized spacial score (nSPS) is 9.68. The predicted octanol–water partition coefficient (Wildman–Crippen LogP) is 2.28. The molecule has 5 nitrogen and oxygen atoms in total. The van der Waals surface area contributed by atoms with Gasteiger partial charge in [0.05, 0.1) is 18.4 Å². The monoisotopic (exact) mass is 257 g/mol. The Labute approximate surface area is 111 Å². The number of nitrogens with one attached hydrogen (secondary N) is 2. The maximum atomic E-state index is 11.5. The van der Waals surface area contributed by atoms with E-state index in [2.05, 4.69) is 15.6 Å². The first-order chi connectivity index (χ1) is 9.34. The number of carbonyl (C=O) groups is 1. The van der Waals surface area contributed by atoms with Crippen molar-refractivity contribution in [3.63, 3.8) is 0 Å². The molecule has 0 unspecified atom stereocenters. The van der Waals surface area contributed by atoms with Crippen LogP contribution in [0.15, 0.2) is 54.9 Å². The third-order valence-electron chi connectivity index (χ3n) is 2.32. The van der Waals surface area contributed by atoms with Gasteiger partial charge in [0, 0.05) is 6.20 Å². The molecule has 2 aromatic rings. The van der Waals surface area contributed by atoms with Crippen LogP contribution < -0.4 is 15.4 Å². The standard InChI is InChI=1S/C14H15N3O2/c18-14(17-12-5-4-8-15-11-12)16-9-10-19-13-6-2-1-3-7-13/h1-8,11H,9-10H2,(H2,16,17,18). The molecule has 0 saturated carbocycles. The molecule has 2 rings (SSSR count). The van der Waals surface area contributed by atoms with Crippen LogP contribution >= 0.6 is 0 Å². The summed E-state index contributed by atoms with van der Waals surface area (Å²) in [6.07, 6.45) is 3.23. The molecule has 1 heterocycles. The second kappa shape index (κ2) is 7.00. The Kier molecular flexibility index (Phi) is 4.75. The second-order valence-electron chi connectivity index (χ2n) is 3.78. The quantitative estimate of drug-likeness (QED) is 0.808.